The number of carbonyl (C=O) groups is 2. The van der Waals surface area contributed by atoms with Crippen molar-refractivity contribution in [2.45, 2.75) is 0 Å². The molecule has 102 valence electrons. The summed E-state index contributed by atoms with van der Waals surface area (Å²) in [7, 11) is 1.45. The van der Waals surface area contributed by atoms with Crippen molar-refractivity contribution in [2.24, 2.45) is 0 Å². The van der Waals surface area contributed by atoms with Crippen molar-refractivity contribution in [2.75, 3.05) is 20.3 Å². The monoisotopic (exact) mass is 268 g/mol. The van der Waals surface area contributed by atoms with Crippen molar-refractivity contribution in [1.29, 1.82) is 0 Å². The molecular formula is C11H12N2O6. The molecule has 0 fully saturated rings. The summed E-state index contributed by atoms with van der Waals surface area (Å²) in [4.78, 5) is 32.7. The van der Waals surface area contributed by atoms with Gasteiger partial charge in [-0.3, -0.25) is 14.9 Å². The average molecular weight is 268 g/mol. The second-order valence-electron chi connectivity index (χ2n) is 3.54. The van der Waals surface area contributed by atoms with E-state index < -0.39 is 16.8 Å². The highest BCUT2D eigenvalue weighted by Crippen LogP contribution is 2.18. The minimum Gasteiger partial charge on any atom is -0.478 e. The summed E-state index contributed by atoms with van der Waals surface area (Å²) in [5.41, 5.74) is -0.889. The Bertz CT molecular complexity index is 514. The van der Waals surface area contributed by atoms with E-state index in [2.05, 4.69) is 5.32 Å². The highest BCUT2D eigenvalue weighted by Gasteiger charge is 2.20. The van der Waals surface area contributed by atoms with Crippen LogP contribution in [0.5, 0.6) is 0 Å². The molecule has 0 radical (unpaired) electrons. The van der Waals surface area contributed by atoms with Gasteiger partial charge in [0.25, 0.3) is 11.6 Å². The van der Waals surface area contributed by atoms with Gasteiger partial charge >= 0.3 is 5.97 Å². The first-order valence-corrected chi connectivity index (χ1v) is 5.26. The molecule has 0 saturated heterocycles. The molecule has 1 aromatic rings. The van der Waals surface area contributed by atoms with Crippen LogP contribution >= 0.6 is 0 Å². The van der Waals surface area contributed by atoms with Crippen LogP contribution in [0.3, 0.4) is 0 Å². The fraction of sp³-hybridized carbons (Fsp3) is 0.273. The normalized spacial score (nSPS) is 9.95. The fourth-order valence-corrected chi connectivity index (χ4v) is 1.38. The molecule has 0 saturated carbocycles. The number of carboxylic acids is 1. The highest BCUT2D eigenvalue weighted by molar-refractivity contribution is 6.05. The molecule has 8 nitrogen and oxygen atoms in total. The number of amides is 1. The molecule has 0 spiro atoms. The molecule has 0 aliphatic carbocycles. The van der Waals surface area contributed by atoms with Crippen LogP contribution in [0.1, 0.15) is 20.7 Å². The number of non-ortho nitro benzene ring substituents is 1. The first-order valence-electron chi connectivity index (χ1n) is 5.26. The van der Waals surface area contributed by atoms with Crippen molar-refractivity contribution in [1.82, 2.24) is 5.32 Å². The number of carbonyl (C=O) groups excluding carboxylic acids is 1. The number of carboxylic acid groups (broad SMARTS) is 1. The van der Waals surface area contributed by atoms with E-state index in [9.17, 15) is 19.7 Å². The van der Waals surface area contributed by atoms with Crippen molar-refractivity contribution in [3.63, 3.8) is 0 Å². The Morgan fingerprint density at radius 2 is 2.11 bits per heavy atom. The van der Waals surface area contributed by atoms with Crippen LogP contribution in [0.15, 0.2) is 18.2 Å². The van der Waals surface area contributed by atoms with Crippen LogP contribution in [-0.4, -0.2) is 42.2 Å². The number of hydrogen-bond donors (Lipinski definition) is 2. The predicted octanol–water partition coefficient (Wildman–Crippen LogP) is 0.669. The quantitative estimate of drug-likeness (QED) is 0.444. The van der Waals surface area contributed by atoms with E-state index in [1.165, 1.54) is 7.11 Å². The summed E-state index contributed by atoms with van der Waals surface area (Å²) in [5, 5.41) is 22.0. The Morgan fingerprint density at radius 3 is 2.63 bits per heavy atom. The van der Waals surface area contributed by atoms with Gasteiger partial charge in [0, 0.05) is 25.8 Å². The predicted molar refractivity (Wildman–Crippen MR) is 64.3 cm³/mol. The Hall–Kier alpha value is -2.48. The number of hydrogen-bond acceptors (Lipinski definition) is 5. The first-order chi connectivity index (χ1) is 8.97. The summed E-state index contributed by atoms with van der Waals surface area (Å²) >= 11 is 0. The number of benzene rings is 1. The van der Waals surface area contributed by atoms with Crippen LogP contribution in [0, 0.1) is 10.1 Å². The lowest BCUT2D eigenvalue weighted by atomic mass is 10.1. The molecule has 0 bridgehead atoms. The summed E-state index contributed by atoms with van der Waals surface area (Å²) in [5.74, 6) is -2.02. The molecule has 8 heteroatoms. The highest BCUT2D eigenvalue weighted by atomic mass is 16.6. The van der Waals surface area contributed by atoms with Crippen molar-refractivity contribution < 1.29 is 24.4 Å². The Balaban J connectivity index is 3.06. The van der Waals surface area contributed by atoms with Gasteiger partial charge in [0.15, 0.2) is 0 Å². The van der Waals surface area contributed by atoms with Gasteiger partial charge in [-0.05, 0) is 6.07 Å². The molecule has 0 aliphatic heterocycles. The van der Waals surface area contributed by atoms with E-state index in [0.717, 1.165) is 18.2 Å². The molecule has 0 aromatic heterocycles. The minimum atomic E-state index is -1.33. The number of rotatable bonds is 6. The van der Waals surface area contributed by atoms with Crippen molar-refractivity contribution >= 4 is 17.6 Å². The van der Waals surface area contributed by atoms with Crippen molar-refractivity contribution in [3.8, 4) is 0 Å². The SMILES string of the molecule is COCCNC(=O)c1cc([N+](=O)[O-])ccc1C(=O)O. The van der Waals surface area contributed by atoms with E-state index >= 15 is 0 Å². The fourth-order valence-electron chi connectivity index (χ4n) is 1.38. The smallest absolute Gasteiger partial charge is 0.336 e. The van der Waals surface area contributed by atoms with E-state index in [1.54, 1.807) is 0 Å². The van der Waals surface area contributed by atoms with E-state index in [-0.39, 0.29) is 30.0 Å². The minimum absolute atomic E-state index is 0.178. The molecule has 0 heterocycles. The Kier molecular flexibility index (Phi) is 4.95. The topological polar surface area (TPSA) is 119 Å². The Labute approximate surface area is 108 Å². The zero-order chi connectivity index (χ0) is 14.4. The zero-order valence-corrected chi connectivity index (χ0v) is 10.1. The lowest BCUT2D eigenvalue weighted by Crippen LogP contribution is -2.28. The largest absolute Gasteiger partial charge is 0.478 e. The second-order valence-corrected chi connectivity index (χ2v) is 3.54. The van der Waals surface area contributed by atoms with Crippen LogP contribution in [0.2, 0.25) is 0 Å². The zero-order valence-electron chi connectivity index (χ0n) is 10.1. The van der Waals surface area contributed by atoms with Gasteiger partial charge in [-0.1, -0.05) is 0 Å². The summed E-state index contributed by atoms with van der Waals surface area (Å²) in [6.07, 6.45) is 0. The summed E-state index contributed by atoms with van der Waals surface area (Å²) in [6.45, 7) is 0.431. The van der Waals surface area contributed by atoms with Gasteiger partial charge in [-0.25, -0.2) is 4.79 Å². The van der Waals surface area contributed by atoms with Gasteiger partial charge in [0.1, 0.15) is 0 Å². The third kappa shape index (κ3) is 3.75. The van der Waals surface area contributed by atoms with Gasteiger partial charge in [-0.15, -0.1) is 0 Å². The lowest BCUT2D eigenvalue weighted by Gasteiger charge is -2.07. The lowest BCUT2D eigenvalue weighted by molar-refractivity contribution is -0.384. The van der Waals surface area contributed by atoms with Gasteiger partial charge in [-0.2, -0.15) is 0 Å². The first kappa shape index (κ1) is 14.6. The maximum Gasteiger partial charge on any atom is 0.336 e. The molecule has 0 atom stereocenters. The number of methoxy groups -OCH3 is 1. The van der Waals surface area contributed by atoms with Crippen LogP contribution < -0.4 is 5.32 Å². The summed E-state index contributed by atoms with van der Waals surface area (Å²) < 4.78 is 4.73. The van der Waals surface area contributed by atoms with Gasteiger partial charge < -0.3 is 15.2 Å². The van der Waals surface area contributed by atoms with Crippen LogP contribution in [-0.2, 0) is 4.74 Å². The summed E-state index contributed by atoms with van der Waals surface area (Å²) in [6, 6.07) is 3.01. The van der Waals surface area contributed by atoms with E-state index in [4.69, 9.17) is 9.84 Å². The molecule has 0 unspecified atom stereocenters. The molecule has 1 aromatic carbocycles. The molecule has 0 aliphatic rings. The molecule has 1 rings (SSSR count). The third-order valence-electron chi connectivity index (χ3n) is 2.28. The van der Waals surface area contributed by atoms with Crippen LogP contribution in [0.25, 0.3) is 0 Å². The van der Waals surface area contributed by atoms with E-state index in [1.807, 2.05) is 0 Å². The number of aromatic carboxylic acids is 1. The number of nitrogens with one attached hydrogen (secondary N) is 1. The van der Waals surface area contributed by atoms with Crippen LogP contribution in [0.4, 0.5) is 5.69 Å². The maximum absolute atomic E-state index is 11.8. The number of nitro groups is 1. The third-order valence-corrected chi connectivity index (χ3v) is 2.28. The van der Waals surface area contributed by atoms with E-state index in [0.29, 0.717) is 0 Å². The number of nitrogens with zero attached hydrogens (tertiary/aromatic N) is 1. The Morgan fingerprint density at radius 1 is 1.42 bits per heavy atom. The van der Waals surface area contributed by atoms with Crippen molar-refractivity contribution in [3.05, 3.63) is 39.4 Å². The second kappa shape index (κ2) is 6.45. The standard InChI is InChI=1S/C11H12N2O6/c1-19-5-4-12-10(14)9-6-7(13(17)18)2-3-8(9)11(15)16/h2-3,6H,4-5H2,1H3,(H,12,14)(H,15,16). The number of nitro benzene ring substituents is 1. The maximum atomic E-state index is 11.8. The van der Waals surface area contributed by atoms with Gasteiger partial charge in [0.2, 0.25) is 0 Å². The molecule has 1 amide bonds. The molecule has 19 heavy (non-hydrogen) atoms. The number of ether oxygens (including phenoxy) is 1. The average Bonchev–Trinajstić information content (AvgIpc) is 2.37. The van der Waals surface area contributed by atoms with Gasteiger partial charge in [0.05, 0.1) is 22.7 Å². The molecule has 2 N–H and O–H groups in total. The molecular weight excluding hydrogens is 256 g/mol.